The van der Waals surface area contributed by atoms with Crippen molar-refractivity contribution in [1.29, 1.82) is 0 Å². The lowest BCUT2D eigenvalue weighted by molar-refractivity contribution is -0.113. The second-order valence-electron chi connectivity index (χ2n) is 3.40. The van der Waals surface area contributed by atoms with Gasteiger partial charge in [0.15, 0.2) is 0 Å². The lowest BCUT2D eigenvalue weighted by Crippen LogP contribution is -2.33. The van der Waals surface area contributed by atoms with Crippen molar-refractivity contribution in [2.45, 2.75) is 33.0 Å². The fraction of sp³-hybridized carbons (Fsp3) is 0.750. The molecule has 0 aromatic carbocycles. The fourth-order valence-corrected chi connectivity index (χ4v) is 3.27. The molecule has 0 aromatic rings. The zero-order chi connectivity index (χ0) is 9.02. The van der Waals surface area contributed by atoms with Crippen LogP contribution in [0.25, 0.3) is 0 Å². The normalized spacial score (nSPS) is 9.91. The van der Waals surface area contributed by atoms with Crippen LogP contribution in [0.3, 0.4) is 0 Å². The van der Waals surface area contributed by atoms with Crippen LogP contribution in [-0.2, 0) is 9.59 Å². The highest BCUT2D eigenvalue weighted by Gasteiger charge is 2.30. The molecule has 0 radical (unpaired) electrons. The van der Waals surface area contributed by atoms with E-state index in [4.69, 9.17) is 0 Å². The number of rotatable bonds is 4. The molecule has 0 aliphatic rings. The summed E-state index contributed by atoms with van der Waals surface area (Å²) in [4.78, 5) is 21.9. The Morgan fingerprint density at radius 2 is 1.55 bits per heavy atom. The van der Waals surface area contributed by atoms with Gasteiger partial charge in [-0.05, 0) is 13.8 Å². The van der Waals surface area contributed by atoms with Crippen LogP contribution in [0.2, 0.25) is 5.28 Å². The minimum absolute atomic E-state index is 0.131. The third kappa shape index (κ3) is 4.34. The number of hydrogen-bond donors (Lipinski definition) is 0. The standard InChI is InChI=1S/C4H9.2C2H3O.Al/c1-4(2)3;2*1-2-3;/h4H,1H2,2-3H3;2*1H3;. The summed E-state index contributed by atoms with van der Waals surface area (Å²) in [6, 6.07) is 0. The summed E-state index contributed by atoms with van der Waals surface area (Å²) in [5, 5.41) is 0.824. The molecule has 0 aliphatic heterocycles. The van der Waals surface area contributed by atoms with E-state index >= 15 is 0 Å². The molecule has 0 unspecified atom stereocenters. The van der Waals surface area contributed by atoms with Gasteiger partial charge in [-0.2, -0.15) is 0 Å². The molecule has 0 bridgehead atoms. The maximum atomic E-state index is 11.0. The van der Waals surface area contributed by atoms with Gasteiger partial charge < -0.3 is 9.59 Å². The molecule has 0 heterocycles. The molecule has 2 nitrogen and oxygen atoms in total. The summed E-state index contributed by atoms with van der Waals surface area (Å²) < 4.78 is 0.261. The maximum absolute atomic E-state index is 11.0. The maximum Gasteiger partial charge on any atom is 0.460 e. The van der Waals surface area contributed by atoms with Crippen LogP contribution in [0.15, 0.2) is 0 Å². The summed E-state index contributed by atoms with van der Waals surface area (Å²) in [6.07, 6.45) is 0. The molecule has 0 aliphatic carbocycles. The highest BCUT2D eigenvalue weighted by Crippen LogP contribution is 2.06. The van der Waals surface area contributed by atoms with Crippen LogP contribution in [-0.4, -0.2) is 23.4 Å². The van der Waals surface area contributed by atoms with Crippen LogP contribution >= 0.6 is 0 Å². The van der Waals surface area contributed by atoms with E-state index in [0.29, 0.717) is 5.92 Å². The summed E-state index contributed by atoms with van der Waals surface area (Å²) in [7, 11) is 0. The second-order valence-corrected chi connectivity index (χ2v) is 6.61. The zero-order valence-corrected chi connectivity index (χ0v) is 8.83. The van der Waals surface area contributed by atoms with E-state index in [1.54, 1.807) is 13.8 Å². The Morgan fingerprint density at radius 3 is 1.64 bits per heavy atom. The Balaban J connectivity index is 4.12. The Morgan fingerprint density at radius 1 is 1.18 bits per heavy atom. The van der Waals surface area contributed by atoms with E-state index in [-0.39, 0.29) is 9.29 Å². The number of hydrogen-bond acceptors (Lipinski definition) is 2. The van der Waals surface area contributed by atoms with Crippen molar-refractivity contribution in [3.05, 3.63) is 0 Å². The Labute approximate surface area is 72.4 Å². The topological polar surface area (TPSA) is 34.1 Å². The summed E-state index contributed by atoms with van der Waals surface area (Å²) in [5.41, 5.74) is 0. The molecule has 11 heavy (non-hydrogen) atoms. The highest BCUT2D eigenvalue weighted by atomic mass is 27.2. The second kappa shape index (κ2) is 4.69. The van der Waals surface area contributed by atoms with E-state index in [0.717, 1.165) is 5.28 Å². The first kappa shape index (κ1) is 10.9. The van der Waals surface area contributed by atoms with Crippen LogP contribution in [0, 0.1) is 5.92 Å². The predicted octanol–water partition coefficient (Wildman–Crippen LogP) is 1.39. The molecule has 0 fully saturated rings. The average Bonchev–Trinajstić information content (AvgIpc) is 1.81. The van der Waals surface area contributed by atoms with Crippen molar-refractivity contribution < 1.29 is 9.59 Å². The van der Waals surface area contributed by atoms with Gasteiger partial charge in [0.25, 0.3) is 0 Å². The van der Waals surface area contributed by atoms with Crippen molar-refractivity contribution in [1.82, 2.24) is 0 Å². The molecule has 0 saturated heterocycles. The third-order valence-corrected chi connectivity index (χ3v) is 5.07. The van der Waals surface area contributed by atoms with Gasteiger partial charge in [0.1, 0.15) is 0 Å². The largest absolute Gasteiger partial charge is 0.460 e. The van der Waals surface area contributed by atoms with Gasteiger partial charge in [-0.1, -0.05) is 25.0 Å². The molecule has 0 spiro atoms. The van der Waals surface area contributed by atoms with Crippen molar-refractivity contribution in [3.63, 3.8) is 0 Å². The van der Waals surface area contributed by atoms with Gasteiger partial charge in [0.2, 0.25) is 0 Å². The minimum atomic E-state index is -1.72. The molecular formula is C8H15AlO2. The molecule has 0 amide bonds. The number of carbonyl (C=O) groups excluding carboxylic acids is 2. The fourth-order valence-electron chi connectivity index (χ4n) is 1.09. The predicted molar refractivity (Wildman–Crippen MR) is 46.8 cm³/mol. The lowest BCUT2D eigenvalue weighted by Gasteiger charge is -2.06. The SMILES string of the molecule is C[C](=O)[Al]([CH2]C(C)C)[C](C)=O. The lowest BCUT2D eigenvalue weighted by atomic mass is 10.3. The minimum Gasteiger partial charge on any atom is -0.320 e. The van der Waals surface area contributed by atoms with E-state index in [2.05, 4.69) is 0 Å². The van der Waals surface area contributed by atoms with E-state index in [1.807, 2.05) is 13.8 Å². The van der Waals surface area contributed by atoms with Crippen molar-refractivity contribution in [2.24, 2.45) is 5.92 Å². The molecule has 0 rings (SSSR count). The smallest absolute Gasteiger partial charge is 0.320 e. The molecular weight excluding hydrogens is 155 g/mol. The molecule has 3 heteroatoms. The highest BCUT2D eigenvalue weighted by molar-refractivity contribution is 7.10. The first-order valence-corrected chi connectivity index (χ1v) is 5.93. The number of carbonyl (C=O) groups is 2. The Hall–Kier alpha value is -0.128. The van der Waals surface area contributed by atoms with Crippen molar-refractivity contribution in [3.8, 4) is 0 Å². The van der Waals surface area contributed by atoms with Gasteiger partial charge in [-0.25, -0.2) is 0 Å². The Kier molecular flexibility index (Phi) is 4.64. The summed E-state index contributed by atoms with van der Waals surface area (Å²) in [5.74, 6) is 0.472. The van der Waals surface area contributed by atoms with Crippen LogP contribution < -0.4 is 0 Å². The van der Waals surface area contributed by atoms with E-state index < -0.39 is 14.1 Å². The third-order valence-electron chi connectivity index (χ3n) is 1.69. The van der Waals surface area contributed by atoms with Crippen molar-refractivity contribution >= 4 is 23.4 Å². The van der Waals surface area contributed by atoms with Crippen LogP contribution in [0.1, 0.15) is 27.7 Å². The summed E-state index contributed by atoms with van der Waals surface area (Å²) in [6.45, 7) is 7.18. The van der Waals surface area contributed by atoms with Crippen LogP contribution in [0.5, 0.6) is 0 Å². The molecule has 0 atom stereocenters. The molecule has 0 N–H and O–H groups in total. The van der Waals surface area contributed by atoms with Gasteiger partial charge in [-0.15, -0.1) is 0 Å². The van der Waals surface area contributed by atoms with Gasteiger partial charge in [-0.3, -0.25) is 0 Å². The van der Waals surface area contributed by atoms with E-state index in [1.165, 1.54) is 0 Å². The van der Waals surface area contributed by atoms with Crippen LogP contribution in [0.4, 0.5) is 0 Å². The molecule has 62 valence electrons. The van der Waals surface area contributed by atoms with Gasteiger partial charge >= 0.3 is 14.1 Å². The Bertz CT molecular complexity index is 149. The monoisotopic (exact) mass is 170 g/mol. The van der Waals surface area contributed by atoms with E-state index in [9.17, 15) is 9.59 Å². The molecule has 0 aromatic heterocycles. The molecule has 0 saturated carbocycles. The first-order valence-electron chi connectivity index (χ1n) is 3.96. The van der Waals surface area contributed by atoms with Crippen molar-refractivity contribution in [2.75, 3.05) is 0 Å². The first-order chi connectivity index (χ1) is 4.95. The summed E-state index contributed by atoms with van der Waals surface area (Å²) >= 11 is -1.72. The van der Waals surface area contributed by atoms with Gasteiger partial charge in [0.05, 0.1) is 9.29 Å². The quantitative estimate of drug-likeness (QED) is 0.597. The zero-order valence-electron chi connectivity index (χ0n) is 7.68. The van der Waals surface area contributed by atoms with Gasteiger partial charge in [0, 0.05) is 0 Å². The average molecular weight is 170 g/mol.